The Hall–Kier alpha value is -2.34. The minimum Gasteiger partial charge on any atom is -0.493 e. The van der Waals surface area contributed by atoms with Crippen molar-refractivity contribution in [1.82, 2.24) is 10.3 Å². The lowest BCUT2D eigenvalue weighted by Gasteiger charge is -2.07. The fourth-order valence-electron chi connectivity index (χ4n) is 2.52. The van der Waals surface area contributed by atoms with Crippen molar-refractivity contribution in [3.8, 4) is 5.75 Å². The SMILES string of the molecule is CCOc1ccnc2ccc(/C=C3\SC(=NC4CC4)NC3=O)cc12. The summed E-state index contributed by atoms with van der Waals surface area (Å²) in [5.41, 5.74) is 1.82. The van der Waals surface area contributed by atoms with E-state index in [9.17, 15) is 4.79 Å². The Kier molecular flexibility index (Phi) is 3.98. The van der Waals surface area contributed by atoms with Gasteiger partial charge in [-0.25, -0.2) is 0 Å². The minimum absolute atomic E-state index is 0.0873. The maximum absolute atomic E-state index is 12.1. The summed E-state index contributed by atoms with van der Waals surface area (Å²) >= 11 is 1.41. The summed E-state index contributed by atoms with van der Waals surface area (Å²) in [6.45, 7) is 2.56. The molecule has 2 fully saturated rings. The highest BCUT2D eigenvalue weighted by Crippen LogP contribution is 2.31. The first-order chi connectivity index (χ1) is 11.7. The molecule has 1 amide bonds. The molecule has 4 rings (SSSR count). The van der Waals surface area contributed by atoms with Crippen molar-refractivity contribution in [3.05, 3.63) is 40.9 Å². The molecule has 1 saturated carbocycles. The minimum atomic E-state index is -0.0873. The molecule has 1 saturated heterocycles. The average Bonchev–Trinajstić information content (AvgIpc) is 3.32. The van der Waals surface area contributed by atoms with Crippen LogP contribution in [0.1, 0.15) is 25.3 Å². The van der Waals surface area contributed by atoms with Gasteiger partial charge < -0.3 is 10.1 Å². The molecule has 0 radical (unpaired) electrons. The van der Waals surface area contributed by atoms with Gasteiger partial charge in [-0.15, -0.1) is 0 Å². The summed E-state index contributed by atoms with van der Waals surface area (Å²) < 4.78 is 5.67. The van der Waals surface area contributed by atoms with Crippen LogP contribution in [0.4, 0.5) is 0 Å². The van der Waals surface area contributed by atoms with Crippen molar-refractivity contribution < 1.29 is 9.53 Å². The number of ether oxygens (including phenoxy) is 1. The lowest BCUT2D eigenvalue weighted by Crippen LogP contribution is -2.20. The maximum Gasteiger partial charge on any atom is 0.264 e. The number of carbonyl (C=O) groups is 1. The topological polar surface area (TPSA) is 63.6 Å². The van der Waals surface area contributed by atoms with Gasteiger partial charge in [0.2, 0.25) is 0 Å². The Balaban J connectivity index is 1.66. The van der Waals surface area contributed by atoms with E-state index in [-0.39, 0.29) is 5.91 Å². The van der Waals surface area contributed by atoms with E-state index >= 15 is 0 Å². The fraction of sp³-hybridized carbons (Fsp3) is 0.278. The number of carbonyl (C=O) groups excluding carboxylic acids is 1. The van der Waals surface area contributed by atoms with E-state index in [1.807, 2.05) is 37.3 Å². The van der Waals surface area contributed by atoms with Crippen LogP contribution in [0.5, 0.6) is 5.75 Å². The number of hydrogen-bond donors (Lipinski definition) is 1. The fourth-order valence-corrected chi connectivity index (χ4v) is 3.41. The Morgan fingerprint density at radius 2 is 2.29 bits per heavy atom. The zero-order valence-corrected chi connectivity index (χ0v) is 14.1. The molecule has 122 valence electrons. The second kappa shape index (κ2) is 6.28. The lowest BCUT2D eigenvalue weighted by molar-refractivity contribution is -0.115. The molecule has 0 unspecified atom stereocenters. The number of amidine groups is 1. The number of fused-ring (bicyclic) bond motifs is 1. The Morgan fingerprint density at radius 1 is 1.42 bits per heavy atom. The largest absolute Gasteiger partial charge is 0.493 e. The van der Waals surface area contributed by atoms with E-state index < -0.39 is 0 Å². The Labute approximate surface area is 144 Å². The number of hydrogen-bond acceptors (Lipinski definition) is 5. The van der Waals surface area contributed by atoms with Gasteiger partial charge in [0.25, 0.3) is 5.91 Å². The first-order valence-electron chi connectivity index (χ1n) is 8.03. The van der Waals surface area contributed by atoms with Gasteiger partial charge in [0.15, 0.2) is 5.17 Å². The number of aromatic nitrogens is 1. The molecule has 0 bridgehead atoms. The van der Waals surface area contributed by atoms with Gasteiger partial charge in [-0.2, -0.15) is 0 Å². The van der Waals surface area contributed by atoms with Crippen LogP contribution < -0.4 is 10.1 Å². The maximum atomic E-state index is 12.1. The third-order valence-corrected chi connectivity index (χ3v) is 4.74. The predicted octanol–water partition coefficient (Wildman–Crippen LogP) is 3.36. The molecule has 24 heavy (non-hydrogen) atoms. The van der Waals surface area contributed by atoms with Crippen LogP contribution in [-0.4, -0.2) is 28.7 Å². The van der Waals surface area contributed by atoms with Gasteiger partial charge in [0.1, 0.15) is 5.75 Å². The zero-order valence-electron chi connectivity index (χ0n) is 13.3. The molecule has 2 aromatic rings. The molecular weight excluding hydrogens is 322 g/mol. The van der Waals surface area contributed by atoms with Gasteiger partial charge in [0, 0.05) is 11.6 Å². The number of thioether (sulfide) groups is 1. The molecule has 0 atom stereocenters. The number of aliphatic imine (C=N–C) groups is 1. The van der Waals surface area contributed by atoms with Crippen molar-refractivity contribution in [1.29, 1.82) is 0 Å². The average molecular weight is 339 g/mol. The second-order valence-electron chi connectivity index (χ2n) is 5.75. The highest BCUT2D eigenvalue weighted by molar-refractivity contribution is 8.18. The third kappa shape index (κ3) is 3.14. The number of rotatable bonds is 4. The van der Waals surface area contributed by atoms with E-state index in [1.54, 1.807) is 6.20 Å². The molecule has 1 aliphatic carbocycles. The molecule has 0 spiro atoms. The van der Waals surface area contributed by atoms with Gasteiger partial charge in [-0.05, 0) is 61.4 Å². The monoisotopic (exact) mass is 339 g/mol. The number of nitrogens with one attached hydrogen (secondary N) is 1. The van der Waals surface area contributed by atoms with E-state index in [1.165, 1.54) is 11.8 Å². The van der Waals surface area contributed by atoms with Crippen molar-refractivity contribution in [3.63, 3.8) is 0 Å². The van der Waals surface area contributed by atoms with Crippen LogP contribution in [0.2, 0.25) is 0 Å². The first-order valence-corrected chi connectivity index (χ1v) is 8.85. The smallest absolute Gasteiger partial charge is 0.264 e. The van der Waals surface area contributed by atoms with Crippen molar-refractivity contribution in [2.24, 2.45) is 4.99 Å². The molecule has 6 heteroatoms. The van der Waals surface area contributed by atoms with E-state index in [0.29, 0.717) is 22.7 Å². The number of amides is 1. The summed E-state index contributed by atoms with van der Waals surface area (Å²) in [4.78, 5) is 21.6. The first kappa shape index (κ1) is 15.2. The summed E-state index contributed by atoms with van der Waals surface area (Å²) in [6, 6.07) is 8.17. The molecular formula is C18H17N3O2S. The molecule has 2 aliphatic rings. The number of pyridine rings is 1. The van der Waals surface area contributed by atoms with E-state index in [4.69, 9.17) is 4.74 Å². The third-order valence-electron chi connectivity index (χ3n) is 3.82. The van der Waals surface area contributed by atoms with Gasteiger partial charge in [0.05, 0.1) is 23.1 Å². The summed E-state index contributed by atoms with van der Waals surface area (Å²) in [5, 5.41) is 4.50. The van der Waals surface area contributed by atoms with Crippen LogP contribution in [0.3, 0.4) is 0 Å². The molecule has 1 N–H and O–H groups in total. The summed E-state index contributed by atoms with van der Waals surface area (Å²) in [5.74, 6) is 0.720. The summed E-state index contributed by atoms with van der Waals surface area (Å²) in [6.07, 6.45) is 5.87. The number of benzene rings is 1. The van der Waals surface area contributed by atoms with Crippen LogP contribution in [0.25, 0.3) is 17.0 Å². The van der Waals surface area contributed by atoms with E-state index in [0.717, 1.165) is 35.1 Å². The van der Waals surface area contributed by atoms with Crippen LogP contribution in [0.15, 0.2) is 40.4 Å². The van der Waals surface area contributed by atoms with Crippen LogP contribution in [-0.2, 0) is 4.79 Å². The van der Waals surface area contributed by atoms with Crippen LogP contribution in [0, 0.1) is 0 Å². The summed E-state index contributed by atoms with van der Waals surface area (Å²) in [7, 11) is 0. The highest BCUT2D eigenvalue weighted by atomic mass is 32.2. The molecule has 1 aliphatic heterocycles. The van der Waals surface area contributed by atoms with Crippen molar-refractivity contribution >= 4 is 39.8 Å². The quantitative estimate of drug-likeness (QED) is 0.868. The number of nitrogens with zero attached hydrogens (tertiary/aromatic N) is 2. The lowest BCUT2D eigenvalue weighted by atomic mass is 10.1. The Morgan fingerprint density at radius 3 is 3.08 bits per heavy atom. The van der Waals surface area contributed by atoms with Crippen molar-refractivity contribution in [2.45, 2.75) is 25.8 Å². The van der Waals surface area contributed by atoms with Gasteiger partial charge in [-0.1, -0.05) is 6.07 Å². The highest BCUT2D eigenvalue weighted by Gasteiger charge is 2.27. The van der Waals surface area contributed by atoms with Gasteiger partial charge >= 0.3 is 0 Å². The zero-order chi connectivity index (χ0) is 16.5. The van der Waals surface area contributed by atoms with Crippen LogP contribution >= 0.6 is 11.8 Å². The van der Waals surface area contributed by atoms with E-state index in [2.05, 4.69) is 15.3 Å². The molecule has 1 aromatic carbocycles. The molecule has 1 aromatic heterocycles. The standard InChI is InChI=1S/C18H17N3O2S/c1-2-23-15-7-8-19-14-6-3-11(9-13(14)15)10-16-17(22)21-18(24-16)20-12-4-5-12/h3,6-10,12H,2,4-5H2,1H3,(H,20,21,22)/b16-10-. The predicted molar refractivity (Wildman–Crippen MR) is 97.1 cm³/mol. The normalized spacial score (nSPS) is 20.8. The second-order valence-corrected chi connectivity index (χ2v) is 6.78. The Bertz CT molecular complexity index is 872. The van der Waals surface area contributed by atoms with Crippen molar-refractivity contribution in [2.75, 3.05) is 6.61 Å². The molecule has 2 heterocycles. The van der Waals surface area contributed by atoms with Gasteiger partial charge in [-0.3, -0.25) is 14.8 Å². The molecule has 5 nitrogen and oxygen atoms in total.